The van der Waals surface area contributed by atoms with Crippen molar-refractivity contribution in [3.8, 4) is 0 Å². The Bertz CT molecular complexity index is 560. The lowest BCUT2D eigenvalue weighted by Crippen LogP contribution is -2.47. The first-order valence-corrected chi connectivity index (χ1v) is 6.16. The number of hydrogen-bond donors (Lipinski definition) is 2. The zero-order valence-corrected chi connectivity index (χ0v) is 11.7. The number of carbonyl (C=O) groups is 2. The first-order valence-electron chi connectivity index (χ1n) is 5.78. The Morgan fingerprint density at radius 1 is 1.40 bits per heavy atom. The molecule has 0 radical (unpaired) electrons. The molecule has 1 atom stereocenters. The van der Waals surface area contributed by atoms with E-state index < -0.39 is 22.8 Å². The highest BCUT2D eigenvalue weighted by atomic mass is 35.5. The average Bonchev–Trinajstić information content (AvgIpc) is 2.34. The molecule has 0 fully saturated rings. The summed E-state index contributed by atoms with van der Waals surface area (Å²) in [4.78, 5) is 33.3. The summed E-state index contributed by atoms with van der Waals surface area (Å²) < 4.78 is 0. The third-order valence-corrected chi connectivity index (χ3v) is 3.08. The van der Waals surface area contributed by atoms with Crippen LogP contribution in [0.2, 0.25) is 5.02 Å². The summed E-state index contributed by atoms with van der Waals surface area (Å²) in [5.74, 6) is -1.58. The maximum absolute atomic E-state index is 12.0. The molecule has 0 aliphatic carbocycles. The maximum Gasteiger partial charge on any atom is 0.288 e. The number of benzene rings is 1. The average molecular weight is 300 g/mol. The second-order valence-electron chi connectivity index (χ2n) is 4.49. The first-order chi connectivity index (χ1) is 9.25. The van der Waals surface area contributed by atoms with E-state index in [1.165, 1.54) is 18.2 Å². The highest BCUT2D eigenvalue weighted by Gasteiger charge is 2.25. The van der Waals surface area contributed by atoms with E-state index in [0.29, 0.717) is 0 Å². The largest absolute Gasteiger partial charge is 0.368 e. The number of amides is 2. The Labute approximate surface area is 120 Å². The van der Waals surface area contributed by atoms with Crippen molar-refractivity contribution in [3.05, 3.63) is 38.9 Å². The minimum Gasteiger partial charge on any atom is -0.368 e. The van der Waals surface area contributed by atoms with Crippen LogP contribution in [0.4, 0.5) is 5.69 Å². The van der Waals surface area contributed by atoms with Crippen LogP contribution in [0.25, 0.3) is 0 Å². The number of nitro benzene ring substituents is 1. The highest BCUT2D eigenvalue weighted by molar-refractivity contribution is 6.35. The minimum absolute atomic E-state index is 0.0761. The third kappa shape index (κ3) is 3.45. The van der Waals surface area contributed by atoms with Crippen LogP contribution < -0.4 is 11.1 Å². The summed E-state index contributed by atoms with van der Waals surface area (Å²) in [6.07, 6.45) is 0. The van der Waals surface area contributed by atoms with Crippen molar-refractivity contribution in [2.45, 2.75) is 19.9 Å². The van der Waals surface area contributed by atoms with Crippen molar-refractivity contribution in [2.24, 2.45) is 11.7 Å². The van der Waals surface area contributed by atoms with Gasteiger partial charge in [0.15, 0.2) is 0 Å². The number of nitrogens with two attached hydrogens (primary N) is 1. The molecule has 0 spiro atoms. The van der Waals surface area contributed by atoms with Crippen LogP contribution in [-0.2, 0) is 4.79 Å². The van der Waals surface area contributed by atoms with Crippen LogP contribution in [0, 0.1) is 16.0 Å². The van der Waals surface area contributed by atoms with Crippen molar-refractivity contribution in [1.29, 1.82) is 0 Å². The van der Waals surface area contributed by atoms with Gasteiger partial charge in [-0.3, -0.25) is 19.7 Å². The second-order valence-corrected chi connectivity index (χ2v) is 4.87. The molecule has 0 aliphatic rings. The molecule has 108 valence electrons. The predicted octanol–water partition coefficient (Wildman–Crippen LogP) is 1.49. The van der Waals surface area contributed by atoms with E-state index in [9.17, 15) is 19.7 Å². The van der Waals surface area contributed by atoms with Crippen molar-refractivity contribution in [3.63, 3.8) is 0 Å². The minimum atomic E-state index is -0.877. The molecule has 2 amide bonds. The SMILES string of the molecule is CC(C)C(NC(=O)c1cccc([N+](=O)[O-])c1Cl)C(N)=O. The van der Waals surface area contributed by atoms with E-state index in [2.05, 4.69) is 5.32 Å². The quantitative estimate of drug-likeness (QED) is 0.633. The van der Waals surface area contributed by atoms with E-state index in [1.54, 1.807) is 13.8 Å². The molecule has 0 heterocycles. The van der Waals surface area contributed by atoms with Crippen LogP contribution in [0.1, 0.15) is 24.2 Å². The molecule has 1 unspecified atom stereocenters. The number of carbonyl (C=O) groups excluding carboxylic acids is 2. The normalized spacial score (nSPS) is 12.0. The van der Waals surface area contributed by atoms with Crippen LogP contribution in [0.15, 0.2) is 18.2 Å². The number of nitro groups is 1. The third-order valence-electron chi connectivity index (χ3n) is 2.68. The number of rotatable bonds is 5. The molecule has 20 heavy (non-hydrogen) atoms. The molecule has 0 saturated heterocycles. The summed E-state index contributed by atoms with van der Waals surface area (Å²) in [5.41, 5.74) is 4.73. The number of hydrogen-bond acceptors (Lipinski definition) is 4. The second kappa shape index (κ2) is 6.33. The molecular formula is C12H14ClN3O4. The van der Waals surface area contributed by atoms with Gasteiger partial charge in [-0.1, -0.05) is 31.5 Å². The zero-order chi connectivity index (χ0) is 15.4. The standard InChI is InChI=1S/C12H14ClN3O4/c1-6(2)10(11(14)17)15-12(18)7-4-3-5-8(9(7)13)16(19)20/h3-6,10H,1-2H3,(H2,14,17)(H,15,18). The Kier molecular flexibility index (Phi) is 5.04. The molecule has 0 aromatic heterocycles. The van der Waals surface area contributed by atoms with E-state index in [-0.39, 0.29) is 22.2 Å². The Morgan fingerprint density at radius 3 is 2.45 bits per heavy atom. The molecular weight excluding hydrogens is 286 g/mol. The van der Waals surface area contributed by atoms with Gasteiger partial charge in [0.25, 0.3) is 11.6 Å². The fraction of sp³-hybridized carbons (Fsp3) is 0.333. The molecule has 0 aliphatic heterocycles. The number of halogens is 1. The van der Waals surface area contributed by atoms with Gasteiger partial charge in [-0.05, 0) is 12.0 Å². The van der Waals surface area contributed by atoms with Crippen LogP contribution >= 0.6 is 11.6 Å². The lowest BCUT2D eigenvalue weighted by atomic mass is 10.0. The fourth-order valence-electron chi connectivity index (χ4n) is 1.62. The Balaban J connectivity index is 3.07. The van der Waals surface area contributed by atoms with Crippen molar-refractivity contribution >= 4 is 29.1 Å². The molecule has 0 bridgehead atoms. The van der Waals surface area contributed by atoms with Crippen molar-refractivity contribution in [2.75, 3.05) is 0 Å². The zero-order valence-electron chi connectivity index (χ0n) is 10.9. The van der Waals surface area contributed by atoms with Gasteiger partial charge in [0.05, 0.1) is 10.5 Å². The lowest BCUT2D eigenvalue weighted by molar-refractivity contribution is -0.384. The topological polar surface area (TPSA) is 115 Å². The monoisotopic (exact) mass is 299 g/mol. The van der Waals surface area contributed by atoms with Crippen LogP contribution in [0.3, 0.4) is 0 Å². The molecule has 0 saturated carbocycles. The van der Waals surface area contributed by atoms with Gasteiger partial charge < -0.3 is 11.1 Å². The van der Waals surface area contributed by atoms with E-state index in [0.717, 1.165) is 0 Å². The smallest absolute Gasteiger partial charge is 0.288 e. The lowest BCUT2D eigenvalue weighted by Gasteiger charge is -2.19. The summed E-state index contributed by atoms with van der Waals surface area (Å²) in [7, 11) is 0. The fourth-order valence-corrected chi connectivity index (χ4v) is 1.90. The Hall–Kier alpha value is -2.15. The van der Waals surface area contributed by atoms with Crippen molar-refractivity contribution in [1.82, 2.24) is 5.32 Å². The molecule has 1 aromatic rings. The highest BCUT2D eigenvalue weighted by Crippen LogP contribution is 2.27. The number of nitrogens with one attached hydrogen (secondary N) is 1. The summed E-state index contributed by atoms with van der Waals surface area (Å²) in [6.45, 7) is 3.43. The van der Waals surface area contributed by atoms with Crippen LogP contribution in [-0.4, -0.2) is 22.8 Å². The van der Waals surface area contributed by atoms with Crippen molar-refractivity contribution < 1.29 is 14.5 Å². The predicted molar refractivity (Wildman–Crippen MR) is 73.4 cm³/mol. The van der Waals surface area contributed by atoms with E-state index in [4.69, 9.17) is 17.3 Å². The van der Waals surface area contributed by atoms with Gasteiger partial charge in [-0.25, -0.2) is 0 Å². The van der Waals surface area contributed by atoms with Gasteiger partial charge in [0, 0.05) is 6.07 Å². The van der Waals surface area contributed by atoms with Crippen LogP contribution in [0.5, 0.6) is 0 Å². The molecule has 1 rings (SSSR count). The first kappa shape index (κ1) is 15.9. The molecule has 1 aromatic carbocycles. The van der Waals surface area contributed by atoms with Gasteiger partial charge in [0.2, 0.25) is 5.91 Å². The molecule has 7 nitrogen and oxygen atoms in total. The van der Waals surface area contributed by atoms with Gasteiger partial charge in [0.1, 0.15) is 11.1 Å². The van der Waals surface area contributed by atoms with E-state index in [1.807, 2.05) is 0 Å². The van der Waals surface area contributed by atoms with E-state index >= 15 is 0 Å². The van der Waals surface area contributed by atoms with Gasteiger partial charge in [-0.15, -0.1) is 0 Å². The van der Waals surface area contributed by atoms with Gasteiger partial charge >= 0.3 is 0 Å². The number of nitrogens with zero attached hydrogens (tertiary/aromatic N) is 1. The summed E-state index contributed by atoms with van der Waals surface area (Å²) >= 11 is 5.82. The van der Waals surface area contributed by atoms with Gasteiger partial charge in [-0.2, -0.15) is 0 Å². The molecule has 8 heteroatoms. The number of primary amides is 1. The molecule has 3 N–H and O–H groups in total. The maximum atomic E-state index is 12.0. The summed E-state index contributed by atoms with van der Waals surface area (Å²) in [6, 6.07) is 2.99. The Morgan fingerprint density at radius 2 is 2.00 bits per heavy atom. The summed E-state index contributed by atoms with van der Waals surface area (Å²) in [5, 5.41) is 12.9.